The third-order valence-corrected chi connectivity index (χ3v) is 7.51. The first-order valence-electron chi connectivity index (χ1n) is 16.0. The first-order valence-corrected chi connectivity index (χ1v) is 16.0. The third kappa shape index (κ3) is 29.9. The fourth-order valence-corrected chi connectivity index (χ4v) is 5.06. The van der Waals surface area contributed by atoms with Gasteiger partial charge in [0.15, 0.2) is 0 Å². The molecule has 0 rings (SSSR count). The molecule has 0 bridgehead atoms. The number of hydrogen-bond donors (Lipinski definition) is 1. The zero-order chi connectivity index (χ0) is 24.1. The van der Waals surface area contributed by atoms with E-state index < -0.39 is 0 Å². The Bertz CT molecular complexity index is 326. The molecule has 0 saturated carbocycles. The molecular formula is C32H67N. The molecule has 0 amide bonds. The topological polar surface area (TPSA) is 12.0 Å². The Kier molecular flexibility index (Phi) is 30.0. The SMILES string of the molecule is CCCCCCCCCCCCCCCCNC(C)CCCCCCCCCCCCCC. The molecule has 0 aromatic carbocycles. The molecule has 0 aromatic rings. The van der Waals surface area contributed by atoms with Crippen LogP contribution >= 0.6 is 0 Å². The van der Waals surface area contributed by atoms with Crippen LogP contribution in [-0.4, -0.2) is 12.6 Å². The summed E-state index contributed by atoms with van der Waals surface area (Å²) in [5.41, 5.74) is 0. The zero-order valence-electron chi connectivity index (χ0n) is 23.9. The quantitative estimate of drug-likeness (QED) is 0.108. The van der Waals surface area contributed by atoms with Gasteiger partial charge in [0.2, 0.25) is 0 Å². The molecule has 0 aromatic heterocycles. The number of rotatable bonds is 29. The van der Waals surface area contributed by atoms with Crippen molar-refractivity contribution in [2.75, 3.05) is 6.54 Å². The second-order valence-electron chi connectivity index (χ2n) is 11.1. The Morgan fingerprint density at radius 2 is 0.636 bits per heavy atom. The molecule has 0 aliphatic rings. The highest BCUT2D eigenvalue weighted by atomic mass is 14.9. The summed E-state index contributed by atoms with van der Waals surface area (Å²) in [4.78, 5) is 0. The highest BCUT2D eigenvalue weighted by Gasteiger charge is 2.01. The van der Waals surface area contributed by atoms with E-state index in [0.717, 1.165) is 6.04 Å². The van der Waals surface area contributed by atoms with Crippen LogP contribution < -0.4 is 5.32 Å². The average Bonchev–Trinajstić information content (AvgIpc) is 2.82. The van der Waals surface area contributed by atoms with E-state index >= 15 is 0 Å². The van der Waals surface area contributed by atoms with Crippen molar-refractivity contribution < 1.29 is 0 Å². The third-order valence-electron chi connectivity index (χ3n) is 7.51. The molecule has 0 spiro atoms. The average molecular weight is 466 g/mol. The van der Waals surface area contributed by atoms with E-state index in [1.165, 1.54) is 180 Å². The van der Waals surface area contributed by atoms with E-state index in [1.807, 2.05) is 0 Å². The molecule has 0 aliphatic heterocycles. The summed E-state index contributed by atoms with van der Waals surface area (Å²) in [6.07, 6.45) is 39.1. The van der Waals surface area contributed by atoms with Crippen molar-refractivity contribution in [2.24, 2.45) is 0 Å². The molecule has 0 saturated heterocycles. The standard InChI is InChI=1S/C32H67N/c1-4-6-8-10-12-14-16-18-19-21-23-25-27-29-31-33-32(3)30-28-26-24-22-20-17-15-13-11-9-7-5-2/h32-33H,4-31H2,1-3H3. The molecule has 33 heavy (non-hydrogen) atoms. The monoisotopic (exact) mass is 466 g/mol. The van der Waals surface area contributed by atoms with Gasteiger partial charge >= 0.3 is 0 Å². The van der Waals surface area contributed by atoms with Gasteiger partial charge in [0.25, 0.3) is 0 Å². The predicted octanol–water partition coefficient (Wildman–Crippen LogP) is 11.5. The maximum atomic E-state index is 3.77. The molecular weight excluding hydrogens is 398 g/mol. The van der Waals surface area contributed by atoms with Gasteiger partial charge in [-0.25, -0.2) is 0 Å². The summed E-state index contributed by atoms with van der Waals surface area (Å²) in [7, 11) is 0. The van der Waals surface area contributed by atoms with Crippen molar-refractivity contribution in [2.45, 2.75) is 200 Å². The van der Waals surface area contributed by atoms with Gasteiger partial charge in [-0.2, -0.15) is 0 Å². The Morgan fingerprint density at radius 3 is 0.970 bits per heavy atom. The fraction of sp³-hybridized carbons (Fsp3) is 1.00. The van der Waals surface area contributed by atoms with Crippen LogP contribution in [0.1, 0.15) is 194 Å². The Labute approximate surface area is 212 Å². The van der Waals surface area contributed by atoms with E-state index in [9.17, 15) is 0 Å². The first kappa shape index (κ1) is 33.0. The second-order valence-corrected chi connectivity index (χ2v) is 11.1. The van der Waals surface area contributed by atoms with E-state index in [-0.39, 0.29) is 0 Å². The molecule has 200 valence electrons. The van der Waals surface area contributed by atoms with Crippen molar-refractivity contribution in [3.63, 3.8) is 0 Å². The Morgan fingerprint density at radius 1 is 0.364 bits per heavy atom. The minimum Gasteiger partial charge on any atom is -0.314 e. The minimum absolute atomic E-state index is 0.718. The summed E-state index contributed by atoms with van der Waals surface area (Å²) in [5, 5.41) is 3.77. The Balaban J connectivity index is 3.13. The van der Waals surface area contributed by atoms with Crippen LogP contribution in [0.3, 0.4) is 0 Å². The van der Waals surface area contributed by atoms with Crippen LogP contribution in [0.4, 0.5) is 0 Å². The molecule has 1 N–H and O–H groups in total. The molecule has 0 fully saturated rings. The highest BCUT2D eigenvalue weighted by Crippen LogP contribution is 2.14. The van der Waals surface area contributed by atoms with Crippen LogP contribution in [-0.2, 0) is 0 Å². The maximum Gasteiger partial charge on any atom is 0.00387 e. The molecule has 0 radical (unpaired) electrons. The lowest BCUT2D eigenvalue weighted by molar-refractivity contribution is 0.462. The van der Waals surface area contributed by atoms with Crippen LogP contribution in [0, 0.1) is 0 Å². The van der Waals surface area contributed by atoms with Crippen molar-refractivity contribution in [1.82, 2.24) is 5.32 Å². The smallest absolute Gasteiger partial charge is 0.00387 e. The van der Waals surface area contributed by atoms with Gasteiger partial charge < -0.3 is 5.32 Å². The molecule has 0 heterocycles. The lowest BCUT2D eigenvalue weighted by Crippen LogP contribution is -2.26. The molecule has 1 nitrogen and oxygen atoms in total. The molecule has 1 heteroatoms. The van der Waals surface area contributed by atoms with Gasteiger partial charge in [-0.1, -0.05) is 174 Å². The summed E-state index contributed by atoms with van der Waals surface area (Å²) in [6.45, 7) is 8.23. The second kappa shape index (κ2) is 30.0. The zero-order valence-corrected chi connectivity index (χ0v) is 23.9. The minimum atomic E-state index is 0.718. The summed E-state index contributed by atoms with van der Waals surface area (Å²) in [5.74, 6) is 0. The summed E-state index contributed by atoms with van der Waals surface area (Å²) < 4.78 is 0. The van der Waals surface area contributed by atoms with Crippen LogP contribution in [0.25, 0.3) is 0 Å². The molecule has 1 atom stereocenters. The summed E-state index contributed by atoms with van der Waals surface area (Å²) in [6, 6.07) is 0.718. The normalized spacial score (nSPS) is 12.5. The van der Waals surface area contributed by atoms with Gasteiger partial charge in [0.1, 0.15) is 0 Å². The fourth-order valence-electron chi connectivity index (χ4n) is 5.06. The lowest BCUT2D eigenvalue weighted by Gasteiger charge is -2.13. The van der Waals surface area contributed by atoms with Crippen molar-refractivity contribution >= 4 is 0 Å². The Hall–Kier alpha value is -0.0400. The van der Waals surface area contributed by atoms with E-state index in [4.69, 9.17) is 0 Å². The van der Waals surface area contributed by atoms with Gasteiger partial charge in [0.05, 0.1) is 0 Å². The van der Waals surface area contributed by atoms with Crippen LogP contribution in [0.5, 0.6) is 0 Å². The highest BCUT2D eigenvalue weighted by molar-refractivity contribution is 4.61. The number of unbranched alkanes of at least 4 members (excludes halogenated alkanes) is 24. The first-order chi connectivity index (χ1) is 16.3. The van der Waals surface area contributed by atoms with Gasteiger partial charge in [-0.05, 0) is 26.3 Å². The van der Waals surface area contributed by atoms with Crippen molar-refractivity contribution in [3.05, 3.63) is 0 Å². The van der Waals surface area contributed by atoms with Gasteiger partial charge in [-0.15, -0.1) is 0 Å². The number of nitrogens with one attached hydrogen (secondary N) is 1. The van der Waals surface area contributed by atoms with E-state index in [0.29, 0.717) is 0 Å². The molecule has 0 aliphatic carbocycles. The van der Waals surface area contributed by atoms with Crippen LogP contribution in [0.2, 0.25) is 0 Å². The van der Waals surface area contributed by atoms with E-state index in [2.05, 4.69) is 26.1 Å². The molecule has 1 unspecified atom stereocenters. The maximum absolute atomic E-state index is 3.77. The number of hydrogen-bond acceptors (Lipinski definition) is 1. The largest absolute Gasteiger partial charge is 0.314 e. The lowest BCUT2D eigenvalue weighted by atomic mass is 10.0. The predicted molar refractivity (Wildman–Crippen MR) is 153 cm³/mol. The van der Waals surface area contributed by atoms with Gasteiger partial charge in [0, 0.05) is 6.04 Å². The van der Waals surface area contributed by atoms with Gasteiger partial charge in [-0.3, -0.25) is 0 Å². The van der Waals surface area contributed by atoms with Crippen LogP contribution in [0.15, 0.2) is 0 Å². The van der Waals surface area contributed by atoms with Crippen molar-refractivity contribution in [1.29, 1.82) is 0 Å². The van der Waals surface area contributed by atoms with E-state index in [1.54, 1.807) is 0 Å². The van der Waals surface area contributed by atoms with Crippen molar-refractivity contribution in [3.8, 4) is 0 Å². The summed E-state index contributed by atoms with van der Waals surface area (Å²) >= 11 is 0.